The summed E-state index contributed by atoms with van der Waals surface area (Å²) in [7, 11) is 0. The first kappa shape index (κ1) is 18.2. The van der Waals surface area contributed by atoms with E-state index < -0.39 is 5.97 Å². The molecule has 1 N–H and O–H groups in total. The first-order chi connectivity index (χ1) is 11.6. The van der Waals surface area contributed by atoms with Gasteiger partial charge in [-0.3, -0.25) is 4.79 Å². The van der Waals surface area contributed by atoms with Crippen molar-refractivity contribution >= 4 is 33.5 Å². The van der Waals surface area contributed by atoms with E-state index in [2.05, 4.69) is 21.2 Å². The highest BCUT2D eigenvalue weighted by Gasteiger charge is 2.09. The minimum Gasteiger partial charge on any atom is -0.460 e. The third kappa shape index (κ3) is 5.47. The van der Waals surface area contributed by atoms with Crippen molar-refractivity contribution in [3.63, 3.8) is 0 Å². The lowest BCUT2D eigenvalue weighted by Crippen LogP contribution is -2.13. The van der Waals surface area contributed by atoms with Crippen LogP contribution in [0.2, 0.25) is 0 Å². The molecule has 0 aliphatic rings. The Hall–Kier alpha value is -2.18. The second-order valence-electron chi connectivity index (χ2n) is 4.87. The SMILES string of the molecule is CCOCCOC(=O)c1ccc(NC(=O)c2ccc(Br)cc2)cc1. The molecule has 0 saturated heterocycles. The summed E-state index contributed by atoms with van der Waals surface area (Å²) in [6.45, 7) is 3.06. The summed E-state index contributed by atoms with van der Waals surface area (Å²) < 4.78 is 11.1. The normalized spacial score (nSPS) is 10.2. The van der Waals surface area contributed by atoms with Crippen molar-refractivity contribution in [3.05, 3.63) is 64.1 Å². The lowest BCUT2D eigenvalue weighted by Gasteiger charge is -2.07. The van der Waals surface area contributed by atoms with Crippen LogP contribution in [0.25, 0.3) is 0 Å². The van der Waals surface area contributed by atoms with E-state index in [-0.39, 0.29) is 12.5 Å². The van der Waals surface area contributed by atoms with Gasteiger partial charge < -0.3 is 14.8 Å². The van der Waals surface area contributed by atoms with Crippen molar-refractivity contribution in [2.75, 3.05) is 25.1 Å². The Balaban J connectivity index is 1.90. The molecule has 0 spiro atoms. The molecule has 24 heavy (non-hydrogen) atoms. The fourth-order valence-corrected chi connectivity index (χ4v) is 2.18. The summed E-state index contributed by atoms with van der Waals surface area (Å²) in [5, 5.41) is 2.78. The average molecular weight is 392 g/mol. The zero-order chi connectivity index (χ0) is 17.4. The summed E-state index contributed by atoms with van der Waals surface area (Å²) in [5.41, 5.74) is 1.58. The van der Waals surface area contributed by atoms with Crippen molar-refractivity contribution in [2.24, 2.45) is 0 Å². The van der Waals surface area contributed by atoms with Gasteiger partial charge in [-0.2, -0.15) is 0 Å². The average Bonchev–Trinajstić information content (AvgIpc) is 2.59. The van der Waals surface area contributed by atoms with Gasteiger partial charge in [0.15, 0.2) is 0 Å². The van der Waals surface area contributed by atoms with Crippen LogP contribution in [0.5, 0.6) is 0 Å². The number of hydrogen-bond donors (Lipinski definition) is 1. The van der Waals surface area contributed by atoms with Crippen molar-refractivity contribution < 1.29 is 19.1 Å². The van der Waals surface area contributed by atoms with Crippen LogP contribution in [0.15, 0.2) is 53.0 Å². The maximum Gasteiger partial charge on any atom is 0.338 e. The van der Waals surface area contributed by atoms with Gasteiger partial charge in [0, 0.05) is 22.3 Å². The highest BCUT2D eigenvalue weighted by molar-refractivity contribution is 9.10. The molecule has 0 saturated carbocycles. The zero-order valence-electron chi connectivity index (χ0n) is 13.3. The minimum absolute atomic E-state index is 0.213. The molecule has 0 aliphatic heterocycles. The van der Waals surface area contributed by atoms with E-state index in [0.29, 0.717) is 30.0 Å². The quantitative estimate of drug-likeness (QED) is 0.574. The Morgan fingerprint density at radius 2 is 1.58 bits per heavy atom. The second kappa shape index (κ2) is 9.20. The molecule has 0 bridgehead atoms. The third-order valence-corrected chi connectivity index (χ3v) is 3.68. The van der Waals surface area contributed by atoms with Crippen LogP contribution < -0.4 is 5.32 Å². The number of carbonyl (C=O) groups is 2. The predicted octanol–water partition coefficient (Wildman–Crippen LogP) is 3.89. The maximum atomic E-state index is 12.1. The topological polar surface area (TPSA) is 64.6 Å². The molecule has 126 valence electrons. The molecule has 5 nitrogen and oxygen atoms in total. The Morgan fingerprint density at radius 1 is 0.958 bits per heavy atom. The van der Waals surface area contributed by atoms with Gasteiger partial charge in [-0.15, -0.1) is 0 Å². The Labute approximate surface area is 149 Å². The molecule has 0 fully saturated rings. The minimum atomic E-state index is -0.416. The number of halogens is 1. The number of benzene rings is 2. The van der Waals surface area contributed by atoms with Crippen LogP contribution in [0.4, 0.5) is 5.69 Å². The zero-order valence-corrected chi connectivity index (χ0v) is 14.8. The van der Waals surface area contributed by atoms with Crippen molar-refractivity contribution in [1.29, 1.82) is 0 Å². The summed E-state index contributed by atoms with van der Waals surface area (Å²) in [6, 6.07) is 13.6. The van der Waals surface area contributed by atoms with E-state index in [9.17, 15) is 9.59 Å². The number of anilines is 1. The van der Waals surface area contributed by atoms with E-state index in [1.165, 1.54) is 0 Å². The highest BCUT2D eigenvalue weighted by atomic mass is 79.9. The van der Waals surface area contributed by atoms with Crippen molar-refractivity contribution in [3.8, 4) is 0 Å². The smallest absolute Gasteiger partial charge is 0.338 e. The molecule has 1 amide bonds. The van der Waals surface area contributed by atoms with Gasteiger partial charge in [-0.05, 0) is 55.5 Å². The van der Waals surface area contributed by atoms with E-state index in [1.807, 2.05) is 6.92 Å². The van der Waals surface area contributed by atoms with Crippen molar-refractivity contribution in [1.82, 2.24) is 0 Å². The lowest BCUT2D eigenvalue weighted by molar-refractivity contribution is 0.0335. The molecule has 0 atom stereocenters. The Kier molecular flexibility index (Phi) is 6.96. The molecule has 0 aliphatic carbocycles. The third-order valence-electron chi connectivity index (χ3n) is 3.15. The fraction of sp³-hybridized carbons (Fsp3) is 0.222. The number of hydrogen-bond acceptors (Lipinski definition) is 4. The largest absolute Gasteiger partial charge is 0.460 e. The van der Waals surface area contributed by atoms with Crippen molar-refractivity contribution in [2.45, 2.75) is 6.92 Å². The summed E-state index contributed by atoms with van der Waals surface area (Å²) in [4.78, 5) is 23.9. The van der Waals surface area contributed by atoms with Gasteiger partial charge >= 0.3 is 5.97 Å². The molecule has 0 unspecified atom stereocenters. The van der Waals surface area contributed by atoms with E-state index >= 15 is 0 Å². The highest BCUT2D eigenvalue weighted by Crippen LogP contribution is 2.14. The monoisotopic (exact) mass is 391 g/mol. The van der Waals surface area contributed by atoms with Gasteiger partial charge in [-0.1, -0.05) is 15.9 Å². The van der Waals surface area contributed by atoms with Gasteiger partial charge in [0.2, 0.25) is 0 Å². The number of esters is 1. The van der Waals surface area contributed by atoms with Crippen LogP contribution in [0.3, 0.4) is 0 Å². The number of rotatable bonds is 7. The van der Waals surface area contributed by atoms with Crippen LogP contribution in [0.1, 0.15) is 27.6 Å². The second-order valence-corrected chi connectivity index (χ2v) is 5.79. The van der Waals surface area contributed by atoms with Gasteiger partial charge in [0.05, 0.1) is 12.2 Å². The Morgan fingerprint density at radius 3 is 2.21 bits per heavy atom. The van der Waals surface area contributed by atoms with Crippen LogP contribution in [-0.4, -0.2) is 31.7 Å². The van der Waals surface area contributed by atoms with Crippen LogP contribution in [-0.2, 0) is 9.47 Å². The first-order valence-electron chi connectivity index (χ1n) is 7.52. The molecular weight excluding hydrogens is 374 g/mol. The van der Waals surface area contributed by atoms with Gasteiger partial charge in [0.25, 0.3) is 5.91 Å². The molecule has 0 heterocycles. The molecule has 2 aromatic rings. The predicted molar refractivity (Wildman–Crippen MR) is 95.3 cm³/mol. The summed E-state index contributed by atoms with van der Waals surface area (Å²) in [6.07, 6.45) is 0. The lowest BCUT2D eigenvalue weighted by atomic mass is 10.2. The maximum absolute atomic E-state index is 12.1. The summed E-state index contributed by atoms with van der Waals surface area (Å²) >= 11 is 3.33. The number of carbonyl (C=O) groups excluding carboxylic acids is 2. The molecule has 2 rings (SSSR count). The van der Waals surface area contributed by atoms with E-state index in [1.54, 1.807) is 48.5 Å². The van der Waals surface area contributed by atoms with E-state index in [4.69, 9.17) is 9.47 Å². The molecule has 0 radical (unpaired) electrons. The molecule has 6 heteroatoms. The van der Waals surface area contributed by atoms with E-state index in [0.717, 1.165) is 4.47 Å². The fourth-order valence-electron chi connectivity index (χ4n) is 1.92. The standard InChI is InChI=1S/C18H18BrNO4/c1-2-23-11-12-24-18(22)14-5-9-16(10-6-14)20-17(21)13-3-7-15(19)8-4-13/h3-10H,2,11-12H2,1H3,(H,20,21). The Bertz CT molecular complexity index is 683. The molecule has 0 aromatic heterocycles. The van der Waals surface area contributed by atoms with Crippen LogP contribution >= 0.6 is 15.9 Å². The first-order valence-corrected chi connectivity index (χ1v) is 8.31. The van der Waals surface area contributed by atoms with Crippen LogP contribution in [0, 0.1) is 0 Å². The molecule has 2 aromatic carbocycles. The summed E-state index contributed by atoms with van der Waals surface area (Å²) in [5.74, 6) is -0.630. The number of amides is 1. The number of nitrogens with one attached hydrogen (secondary N) is 1. The molecular formula is C18H18BrNO4. The van der Waals surface area contributed by atoms with Gasteiger partial charge in [0.1, 0.15) is 6.61 Å². The number of ether oxygens (including phenoxy) is 2. The van der Waals surface area contributed by atoms with Gasteiger partial charge in [-0.25, -0.2) is 4.79 Å².